The molecular formula is C17H27N. The van der Waals surface area contributed by atoms with Crippen LogP contribution in [0, 0.1) is 19.3 Å². The summed E-state index contributed by atoms with van der Waals surface area (Å²) in [5, 5.41) is 3.65. The summed E-state index contributed by atoms with van der Waals surface area (Å²) < 4.78 is 0. The Kier molecular flexibility index (Phi) is 3.82. The molecule has 0 saturated heterocycles. The van der Waals surface area contributed by atoms with Crippen molar-refractivity contribution in [2.45, 2.75) is 59.4 Å². The molecule has 1 aromatic carbocycles. The van der Waals surface area contributed by atoms with E-state index < -0.39 is 0 Å². The molecule has 3 atom stereocenters. The van der Waals surface area contributed by atoms with Gasteiger partial charge < -0.3 is 5.32 Å². The lowest BCUT2D eigenvalue weighted by Gasteiger charge is -2.55. The van der Waals surface area contributed by atoms with Crippen LogP contribution in [0.5, 0.6) is 0 Å². The van der Waals surface area contributed by atoms with E-state index in [2.05, 4.69) is 58.1 Å². The molecule has 0 bridgehead atoms. The molecule has 100 valence electrons. The van der Waals surface area contributed by atoms with E-state index in [9.17, 15) is 0 Å². The van der Waals surface area contributed by atoms with Crippen LogP contribution >= 0.6 is 0 Å². The minimum Gasteiger partial charge on any atom is -0.314 e. The van der Waals surface area contributed by atoms with E-state index in [-0.39, 0.29) is 0 Å². The molecule has 0 aromatic heterocycles. The maximum Gasteiger partial charge on any atom is 0.0132 e. The van der Waals surface area contributed by atoms with Gasteiger partial charge in [-0.05, 0) is 55.7 Å². The number of nitrogens with one attached hydrogen (secondary N) is 1. The van der Waals surface area contributed by atoms with E-state index in [1.807, 2.05) is 0 Å². The second-order valence-electron chi connectivity index (χ2n) is 6.12. The monoisotopic (exact) mass is 245 g/mol. The zero-order valence-electron chi connectivity index (χ0n) is 12.5. The maximum atomic E-state index is 3.65. The largest absolute Gasteiger partial charge is 0.314 e. The highest BCUT2D eigenvalue weighted by Gasteiger charge is 2.50. The maximum absolute atomic E-state index is 3.65. The van der Waals surface area contributed by atoms with E-state index in [1.54, 1.807) is 5.56 Å². The predicted octanol–water partition coefficient (Wildman–Crippen LogP) is 4.19. The van der Waals surface area contributed by atoms with Gasteiger partial charge in [0.25, 0.3) is 0 Å². The van der Waals surface area contributed by atoms with Gasteiger partial charge in [-0.25, -0.2) is 0 Å². The number of aryl methyl sites for hydroxylation is 2. The Morgan fingerprint density at radius 2 is 2.00 bits per heavy atom. The highest BCUT2D eigenvalue weighted by Crippen LogP contribution is 2.55. The molecule has 0 aliphatic heterocycles. The quantitative estimate of drug-likeness (QED) is 0.839. The van der Waals surface area contributed by atoms with Gasteiger partial charge in [0.15, 0.2) is 0 Å². The second-order valence-corrected chi connectivity index (χ2v) is 6.12. The molecule has 1 aliphatic rings. The predicted molar refractivity (Wildman–Crippen MR) is 79.1 cm³/mol. The van der Waals surface area contributed by atoms with Crippen LogP contribution in [-0.2, 0) is 0 Å². The van der Waals surface area contributed by atoms with Gasteiger partial charge in [-0.2, -0.15) is 0 Å². The van der Waals surface area contributed by atoms with Crippen LogP contribution in [0.3, 0.4) is 0 Å². The summed E-state index contributed by atoms with van der Waals surface area (Å²) in [6.07, 6.45) is 2.55. The van der Waals surface area contributed by atoms with Crippen molar-refractivity contribution in [3.63, 3.8) is 0 Å². The molecule has 1 heteroatoms. The van der Waals surface area contributed by atoms with Crippen LogP contribution in [0.1, 0.15) is 56.2 Å². The first-order valence-electron chi connectivity index (χ1n) is 7.33. The van der Waals surface area contributed by atoms with Crippen molar-refractivity contribution in [3.05, 3.63) is 34.9 Å². The van der Waals surface area contributed by atoms with Crippen molar-refractivity contribution in [2.75, 3.05) is 6.54 Å². The highest BCUT2D eigenvalue weighted by molar-refractivity contribution is 5.37. The minimum atomic E-state index is 0.427. The second kappa shape index (κ2) is 5.05. The molecule has 1 nitrogen and oxygen atoms in total. The smallest absolute Gasteiger partial charge is 0.0132 e. The van der Waals surface area contributed by atoms with Crippen LogP contribution in [0.15, 0.2) is 18.2 Å². The number of hydrogen-bond donors (Lipinski definition) is 1. The molecule has 1 saturated carbocycles. The lowest BCUT2D eigenvalue weighted by atomic mass is 9.53. The molecule has 0 amide bonds. The van der Waals surface area contributed by atoms with E-state index in [4.69, 9.17) is 0 Å². The minimum absolute atomic E-state index is 0.427. The SMILES string of the molecule is CCNC1CC(c2ccc(C)cc2C)C1(C)CC. The Bertz CT molecular complexity index is 424. The Balaban J connectivity index is 2.24. The molecular weight excluding hydrogens is 218 g/mol. The zero-order chi connectivity index (χ0) is 13.3. The summed E-state index contributed by atoms with van der Waals surface area (Å²) in [5.74, 6) is 0.729. The molecule has 3 unspecified atom stereocenters. The summed E-state index contributed by atoms with van der Waals surface area (Å²) in [5.41, 5.74) is 4.83. The van der Waals surface area contributed by atoms with Gasteiger partial charge in [0.2, 0.25) is 0 Å². The van der Waals surface area contributed by atoms with Crippen LogP contribution in [0.2, 0.25) is 0 Å². The third-order valence-electron chi connectivity index (χ3n) is 5.08. The van der Waals surface area contributed by atoms with Crippen molar-refractivity contribution in [3.8, 4) is 0 Å². The average molecular weight is 245 g/mol. The molecule has 1 N–H and O–H groups in total. The van der Waals surface area contributed by atoms with Crippen molar-refractivity contribution in [1.29, 1.82) is 0 Å². The van der Waals surface area contributed by atoms with Crippen LogP contribution in [0.4, 0.5) is 0 Å². The molecule has 1 aromatic rings. The zero-order valence-corrected chi connectivity index (χ0v) is 12.5. The summed E-state index contributed by atoms with van der Waals surface area (Å²) in [4.78, 5) is 0. The first-order chi connectivity index (χ1) is 8.52. The standard InChI is InChI=1S/C17H27N/c1-6-17(5)15(11-16(17)18-7-2)14-9-8-12(3)10-13(14)4/h8-10,15-16,18H,6-7,11H2,1-5H3. The van der Waals surface area contributed by atoms with Gasteiger partial charge in [-0.15, -0.1) is 0 Å². The third kappa shape index (κ3) is 2.09. The number of rotatable bonds is 4. The van der Waals surface area contributed by atoms with Crippen molar-refractivity contribution in [1.82, 2.24) is 5.32 Å². The fourth-order valence-corrected chi connectivity index (χ4v) is 3.61. The molecule has 2 rings (SSSR count). The molecule has 1 aliphatic carbocycles. The lowest BCUT2D eigenvalue weighted by molar-refractivity contribution is 0.0452. The van der Waals surface area contributed by atoms with Gasteiger partial charge in [-0.1, -0.05) is 44.5 Å². The average Bonchev–Trinajstić information content (AvgIpc) is 2.34. The topological polar surface area (TPSA) is 12.0 Å². The molecule has 0 heterocycles. The van der Waals surface area contributed by atoms with Gasteiger partial charge in [0, 0.05) is 6.04 Å². The van der Waals surface area contributed by atoms with Crippen molar-refractivity contribution >= 4 is 0 Å². The lowest BCUT2D eigenvalue weighted by Crippen LogP contribution is -2.56. The van der Waals surface area contributed by atoms with Gasteiger partial charge in [-0.3, -0.25) is 0 Å². The number of hydrogen-bond acceptors (Lipinski definition) is 1. The molecule has 1 fully saturated rings. The van der Waals surface area contributed by atoms with E-state index >= 15 is 0 Å². The highest BCUT2D eigenvalue weighted by atomic mass is 15.0. The summed E-state index contributed by atoms with van der Waals surface area (Å²) in [7, 11) is 0. The summed E-state index contributed by atoms with van der Waals surface area (Å²) in [6, 6.07) is 7.63. The van der Waals surface area contributed by atoms with Crippen LogP contribution in [0.25, 0.3) is 0 Å². The molecule has 0 radical (unpaired) electrons. The summed E-state index contributed by atoms with van der Waals surface area (Å²) in [6.45, 7) is 12.5. The van der Waals surface area contributed by atoms with E-state index in [1.165, 1.54) is 24.0 Å². The normalized spacial score (nSPS) is 31.2. The number of benzene rings is 1. The van der Waals surface area contributed by atoms with E-state index in [0.717, 1.165) is 12.5 Å². The first-order valence-corrected chi connectivity index (χ1v) is 7.33. The molecule has 0 spiro atoms. The molecule has 18 heavy (non-hydrogen) atoms. The van der Waals surface area contributed by atoms with Crippen LogP contribution < -0.4 is 5.32 Å². The summed E-state index contributed by atoms with van der Waals surface area (Å²) >= 11 is 0. The van der Waals surface area contributed by atoms with Crippen molar-refractivity contribution in [2.24, 2.45) is 5.41 Å². The van der Waals surface area contributed by atoms with Crippen LogP contribution in [-0.4, -0.2) is 12.6 Å². The fraction of sp³-hybridized carbons (Fsp3) is 0.647. The Morgan fingerprint density at radius 3 is 2.56 bits per heavy atom. The van der Waals surface area contributed by atoms with Gasteiger partial charge in [0.1, 0.15) is 0 Å². The third-order valence-corrected chi connectivity index (χ3v) is 5.08. The van der Waals surface area contributed by atoms with Gasteiger partial charge in [0.05, 0.1) is 0 Å². The Labute approximate surface area is 112 Å². The Morgan fingerprint density at radius 1 is 1.28 bits per heavy atom. The van der Waals surface area contributed by atoms with E-state index in [0.29, 0.717) is 11.5 Å². The fourth-order valence-electron chi connectivity index (χ4n) is 3.61. The van der Waals surface area contributed by atoms with Crippen molar-refractivity contribution < 1.29 is 0 Å². The van der Waals surface area contributed by atoms with Gasteiger partial charge >= 0.3 is 0 Å². The Hall–Kier alpha value is -0.820. The first kappa shape index (κ1) is 13.6.